The molecule has 0 aromatic rings. The van der Waals surface area contributed by atoms with Gasteiger partial charge in [-0.25, -0.2) is 0 Å². The lowest BCUT2D eigenvalue weighted by molar-refractivity contribution is -0.139. The maximum atomic E-state index is 10.4. The van der Waals surface area contributed by atoms with Crippen molar-refractivity contribution in [3.63, 3.8) is 0 Å². The highest BCUT2D eigenvalue weighted by Gasteiger charge is 2.15. The molecule has 0 radical (unpaired) electrons. The summed E-state index contributed by atoms with van der Waals surface area (Å²) in [5.74, 6) is -4.80. The predicted octanol–water partition coefficient (Wildman–Crippen LogP) is 4.92. The number of rotatable bonds is 38. The third-order valence-corrected chi connectivity index (χ3v) is 10.1. The molecule has 0 rings (SSSR count). The highest BCUT2D eigenvalue weighted by molar-refractivity contribution is 5.82. The molecular formula is C48H101N11O11. The van der Waals surface area contributed by atoms with Gasteiger partial charge < -0.3 is 92.4 Å². The third kappa shape index (κ3) is 59.9. The molecule has 0 heterocycles. The van der Waals surface area contributed by atoms with E-state index in [1.54, 1.807) is 0 Å². The van der Waals surface area contributed by atoms with Crippen LogP contribution in [0.5, 0.6) is 0 Å². The van der Waals surface area contributed by atoms with Gasteiger partial charge in [-0.2, -0.15) is 0 Å². The average molecular weight is 1010 g/mol. The molecule has 0 saturated carbocycles. The van der Waals surface area contributed by atoms with Gasteiger partial charge in [0.05, 0.1) is 6.61 Å². The van der Waals surface area contributed by atoms with Gasteiger partial charge in [0.1, 0.15) is 30.2 Å². The number of hydrogen-bond donors (Lipinski definition) is 16. The second-order valence-corrected chi connectivity index (χ2v) is 17.2. The molecule has 0 aromatic carbocycles. The van der Waals surface area contributed by atoms with Crippen LogP contribution in [-0.4, -0.2) is 135 Å². The maximum Gasteiger partial charge on any atom is 0.320 e. The Morgan fingerprint density at radius 1 is 0.471 bits per heavy atom. The van der Waals surface area contributed by atoms with E-state index in [1.807, 2.05) is 20.8 Å². The molecule has 0 aliphatic heterocycles. The standard InChI is InChI=1S/C11H22N2O2.C10H20N2O3.C10H20N2O2.C9H18N2O2.C7H17N3O2.CH4/c1-2-9(12)7-5-3-4-6-8-10(13)11(14)15;1-2-3-8(11)4-6-15-7-5-9(12)10(13)14;1-2-5-8(11)6-3-4-7-9(12)10(13)14;1-6(2)5-7(10)3-4-8(11)9(12)13;8-4-3-5(9)1-2-6(10)7(11)12;/h10,12H,2-8,13H2,1H3,(H,14,15);9,11H,2-7,12H2,1H3,(H,13,14);9,11H,2-7,12H2,1H3,(H,13,14);7-8H,1,3-5,10-11H2,2H3,(H,12,13);5-6H,1-4,8-10H2,(H,11,12);1H4. The van der Waals surface area contributed by atoms with Gasteiger partial charge in [-0.15, -0.1) is 6.58 Å². The van der Waals surface area contributed by atoms with Gasteiger partial charge in [-0.05, 0) is 116 Å². The zero-order valence-electron chi connectivity index (χ0n) is 42.4. The summed E-state index contributed by atoms with van der Waals surface area (Å²) in [6, 6.07) is -3.94. The minimum atomic E-state index is -1.00. The fraction of sp³-hybridized carbons (Fsp3) is 0.792. The zero-order chi connectivity index (χ0) is 54.3. The van der Waals surface area contributed by atoms with Gasteiger partial charge >= 0.3 is 29.8 Å². The van der Waals surface area contributed by atoms with E-state index in [-0.39, 0.29) is 19.5 Å². The highest BCUT2D eigenvalue weighted by Crippen LogP contribution is 2.09. The highest BCUT2D eigenvalue weighted by atomic mass is 16.5. The number of carboxylic acids is 5. The van der Waals surface area contributed by atoms with E-state index in [0.29, 0.717) is 83.3 Å². The Labute approximate surface area is 419 Å². The summed E-state index contributed by atoms with van der Waals surface area (Å²) >= 11 is 0. The molecule has 0 fully saturated rings. The molecule has 7 unspecified atom stereocenters. The molecule has 0 aliphatic rings. The van der Waals surface area contributed by atoms with Crippen LogP contribution in [0.15, 0.2) is 12.2 Å². The summed E-state index contributed by atoms with van der Waals surface area (Å²) < 4.78 is 5.19. The molecule has 0 bridgehead atoms. The van der Waals surface area contributed by atoms with E-state index in [1.165, 1.54) is 0 Å². The lowest BCUT2D eigenvalue weighted by Crippen LogP contribution is -2.33. The number of nitrogens with two attached hydrogens (primary N) is 8. The van der Waals surface area contributed by atoms with Crippen LogP contribution in [-0.2, 0) is 28.7 Å². The topological polar surface area (TPSA) is 475 Å². The minimum Gasteiger partial charge on any atom is -0.480 e. The van der Waals surface area contributed by atoms with Crippen molar-refractivity contribution in [2.24, 2.45) is 45.9 Å². The lowest BCUT2D eigenvalue weighted by atomic mass is 10.0. The van der Waals surface area contributed by atoms with E-state index < -0.39 is 60.1 Å². The third-order valence-electron chi connectivity index (χ3n) is 10.1. The molecular weight excluding hydrogens is 907 g/mol. The number of ether oxygens (including phenoxy) is 1. The number of hydrogen-bond acceptors (Lipinski definition) is 17. The molecule has 414 valence electrons. The Morgan fingerprint density at radius 2 is 0.829 bits per heavy atom. The fourth-order valence-electron chi connectivity index (χ4n) is 5.61. The smallest absolute Gasteiger partial charge is 0.320 e. The molecule has 24 N–H and O–H groups in total. The molecule has 22 nitrogen and oxygen atoms in total. The van der Waals surface area contributed by atoms with Gasteiger partial charge in [0, 0.05) is 42.2 Å². The molecule has 22 heteroatoms. The van der Waals surface area contributed by atoms with E-state index >= 15 is 0 Å². The second-order valence-electron chi connectivity index (χ2n) is 17.2. The van der Waals surface area contributed by atoms with Gasteiger partial charge in [0.25, 0.3) is 0 Å². The molecule has 7 atom stereocenters. The van der Waals surface area contributed by atoms with Gasteiger partial charge in [0.2, 0.25) is 0 Å². The van der Waals surface area contributed by atoms with Crippen molar-refractivity contribution in [1.82, 2.24) is 0 Å². The van der Waals surface area contributed by atoms with Gasteiger partial charge in [-0.1, -0.05) is 72.3 Å². The van der Waals surface area contributed by atoms with Crippen LogP contribution in [0.1, 0.15) is 183 Å². The van der Waals surface area contributed by atoms with Crippen LogP contribution in [0.3, 0.4) is 0 Å². The number of aliphatic carboxylic acids is 5. The van der Waals surface area contributed by atoms with Crippen molar-refractivity contribution in [2.45, 2.75) is 225 Å². The number of carboxylic acid groups (broad SMARTS) is 5. The summed E-state index contributed by atoms with van der Waals surface area (Å²) in [5, 5.41) is 64.9. The van der Waals surface area contributed by atoms with Gasteiger partial charge in [0.15, 0.2) is 0 Å². The fourth-order valence-corrected chi connectivity index (χ4v) is 5.61. The van der Waals surface area contributed by atoms with Crippen molar-refractivity contribution in [2.75, 3.05) is 19.8 Å². The van der Waals surface area contributed by atoms with E-state index in [9.17, 15) is 24.0 Å². The first-order valence-corrected chi connectivity index (χ1v) is 24.3. The molecule has 0 aromatic heterocycles. The summed E-state index contributed by atoms with van der Waals surface area (Å²) in [7, 11) is 0. The quantitative estimate of drug-likeness (QED) is 0.0221. The molecule has 0 spiro atoms. The minimum absolute atomic E-state index is 0. The normalized spacial score (nSPS) is 13.3. The summed E-state index contributed by atoms with van der Waals surface area (Å²) in [6.45, 7) is 13.1. The summed E-state index contributed by atoms with van der Waals surface area (Å²) in [4.78, 5) is 51.7. The molecule has 0 aliphatic carbocycles. The molecule has 70 heavy (non-hydrogen) atoms. The van der Waals surface area contributed by atoms with Crippen LogP contribution in [0.25, 0.3) is 0 Å². The van der Waals surface area contributed by atoms with Crippen molar-refractivity contribution in [3.05, 3.63) is 12.2 Å². The lowest BCUT2D eigenvalue weighted by Gasteiger charge is -2.12. The first-order valence-electron chi connectivity index (χ1n) is 24.3. The van der Waals surface area contributed by atoms with Crippen molar-refractivity contribution in [1.29, 1.82) is 16.2 Å². The predicted molar refractivity (Wildman–Crippen MR) is 282 cm³/mol. The average Bonchev–Trinajstić information content (AvgIpc) is 3.27. The van der Waals surface area contributed by atoms with E-state index in [2.05, 4.69) is 13.5 Å². The summed E-state index contributed by atoms with van der Waals surface area (Å²) in [6.07, 6.45) is 17.3. The first kappa shape index (κ1) is 77.2. The molecule has 0 amide bonds. The van der Waals surface area contributed by atoms with Crippen molar-refractivity contribution < 1.29 is 54.2 Å². The number of carbonyl (C=O) groups is 5. The van der Waals surface area contributed by atoms with Crippen LogP contribution in [0, 0.1) is 16.2 Å². The van der Waals surface area contributed by atoms with E-state index in [4.69, 9.17) is 92.4 Å². The number of nitrogens with one attached hydrogen (secondary N) is 3. The van der Waals surface area contributed by atoms with Crippen LogP contribution >= 0.6 is 0 Å². The Hall–Kier alpha value is -4.26. The van der Waals surface area contributed by atoms with Crippen molar-refractivity contribution >= 4 is 47.0 Å². The first-order chi connectivity index (χ1) is 32.2. The largest absolute Gasteiger partial charge is 0.480 e. The SMILES string of the molecule is C.C=C(C)CC(N)CCC(N)C(=O)O.CCC(=N)CCCCCCC(N)C(=O)O.CCCC(=N)CCCCC(N)C(=O)O.CCCC(=N)CCOCCC(N)C(=O)O.NCCC(N)CCC(N)C(=O)O. The Balaban J connectivity index is -0.000000183. The monoisotopic (exact) mass is 1010 g/mol. The zero-order valence-corrected chi connectivity index (χ0v) is 42.4. The second kappa shape index (κ2) is 52.6. The maximum absolute atomic E-state index is 10.4. The van der Waals surface area contributed by atoms with E-state index in [0.717, 1.165) is 107 Å². The molecule has 0 saturated heterocycles. The Kier molecular flexibility index (Phi) is 58.0. The summed E-state index contributed by atoms with van der Waals surface area (Å²) in [5.41, 5.74) is 46.4. The van der Waals surface area contributed by atoms with Crippen LogP contribution in [0.4, 0.5) is 0 Å². The number of unbranched alkanes of at least 4 members (excludes halogenated alkanes) is 4. The Morgan fingerprint density at radius 3 is 1.23 bits per heavy atom. The van der Waals surface area contributed by atoms with Crippen LogP contribution in [0.2, 0.25) is 0 Å². The van der Waals surface area contributed by atoms with Crippen molar-refractivity contribution in [3.8, 4) is 0 Å². The van der Waals surface area contributed by atoms with Crippen LogP contribution < -0.4 is 45.9 Å². The van der Waals surface area contributed by atoms with Gasteiger partial charge in [-0.3, -0.25) is 24.0 Å². The Bertz CT molecular complexity index is 1410.